The Labute approximate surface area is 110 Å². The van der Waals surface area contributed by atoms with Gasteiger partial charge in [0.2, 0.25) is 0 Å². The maximum absolute atomic E-state index is 11.6. The summed E-state index contributed by atoms with van der Waals surface area (Å²) in [5, 5.41) is 8.78. The van der Waals surface area contributed by atoms with Gasteiger partial charge in [0, 0.05) is 12.3 Å². The van der Waals surface area contributed by atoms with Gasteiger partial charge in [-0.3, -0.25) is 9.59 Å². The molecule has 4 nitrogen and oxygen atoms in total. The summed E-state index contributed by atoms with van der Waals surface area (Å²) >= 11 is 0. The Hall–Kier alpha value is -2.36. The second-order valence-electron chi connectivity index (χ2n) is 4.65. The number of carbonyl (C=O) groups is 1. The lowest BCUT2D eigenvalue weighted by molar-refractivity contribution is -0.137. The number of hydrogen-bond acceptors (Lipinski definition) is 2. The van der Waals surface area contributed by atoms with Gasteiger partial charge in [0.25, 0.3) is 5.56 Å². The van der Waals surface area contributed by atoms with E-state index in [1.807, 2.05) is 26.0 Å². The quantitative estimate of drug-likeness (QED) is 0.917. The molecule has 0 saturated carbocycles. The number of rotatable bonds is 3. The average molecular weight is 257 g/mol. The smallest absolute Gasteiger partial charge is 0.323 e. The lowest BCUT2D eigenvalue weighted by Crippen LogP contribution is -2.22. The Morgan fingerprint density at radius 1 is 1.11 bits per heavy atom. The Morgan fingerprint density at radius 2 is 1.74 bits per heavy atom. The molecule has 0 saturated heterocycles. The summed E-state index contributed by atoms with van der Waals surface area (Å²) in [6.45, 7) is 3.69. The van der Waals surface area contributed by atoms with Crippen LogP contribution in [0.2, 0.25) is 0 Å². The van der Waals surface area contributed by atoms with E-state index < -0.39 is 5.97 Å². The molecule has 0 aliphatic rings. The number of hydrogen-bond donors (Lipinski definition) is 1. The summed E-state index contributed by atoms with van der Waals surface area (Å²) in [6.07, 6.45) is 1.59. The first-order chi connectivity index (χ1) is 8.95. The average Bonchev–Trinajstić information content (AvgIpc) is 2.30. The van der Waals surface area contributed by atoms with Crippen molar-refractivity contribution in [1.82, 2.24) is 4.57 Å². The number of pyridine rings is 1. The number of aromatic nitrogens is 1. The highest BCUT2D eigenvalue weighted by Gasteiger charge is 2.05. The highest BCUT2D eigenvalue weighted by Crippen LogP contribution is 2.21. The molecule has 0 aliphatic carbocycles. The van der Waals surface area contributed by atoms with Gasteiger partial charge in [-0.2, -0.15) is 0 Å². The van der Waals surface area contributed by atoms with Crippen LogP contribution in [0.15, 0.2) is 41.3 Å². The van der Waals surface area contributed by atoms with E-state index in [-0.39, 0.29) is 12.1 Å². The molecular formula is C15H15NO3. The second kappa shape index (κ2) is 5.10. The molecule has 1 aromatic carbocycles. The van der Waals surface area contributed by atoms with E-state index in [9.17, 15) is 9.59 Å². The molecule has 1 N–H and O–H groups in total. The Morgan fingerprint density at radius 3 is 2.32 bits per heavy atom. The molecule has 0 fully saturated rings. The fraction of sp³-hybridized carbons (Fsp3) is 0.200. The molecular weight excluding hydrogens is 242 g/mol. The van der Waals surface area contributed by atoms with Gasteiger partial charge < -0.3 is 9.67 Å². The fourth-order valence-electron chi connectivity index (χ4n) is 2.11. The predicted octanol–water partition coefficient (Wildman–Crippen LogP) is 2.22. The monoisotopic (exact) mass is 257 g/mol. The highest BCUT2D eigenvalue weighted by atomic mass is 16.4. The van der Waals surface area contributed by atoms with Crippen LogP contribution in [-0.4, -0.2) is 15.6 Å². The van der Waals surface area contributed by atoms with Gasteiger partial charge in [-0.05, 0) is 31.0 Å². The van der Waals surface area contributed by atoms with Crippen LogP contribution in [0.5, 0.6) is 0 Å². The van der Waals surface area contributed by atoms with Crippen molar-refractivity contribution in [3.63, 3.8) is 0 Å². The van der Waals surface area contributed by atoms with Crippen molar-refractivity contribution in [3.05, 3.63) is 58.0 Å². The van der Waals surface area contributed by atoms with Crippen molar-refractivity contribution in [2.24, 2.45) is 0 Å². The van der Waals surface area contributed by atoms with Crippen LogP contribution in [0.4, 0.5) is 0 Å². The van der Waals surface area contributed by atoms with Gasteiger partial charge in [0.1, 0.15) is 6.54 Å². The molecule has 0 atom stereocenters. The van der Waals surface area contributed by atoms with Crippen molar-refractivity contribution in [2.75, 3.05) is 0 Å². The van der Waals surface area contributed by atoms with E-state index in [0.29, 0.717) is 0 Å². The van der Waals surface area contributed by atoms with Gasteiger partial charge in [-0.1, -0.05) is 29.3 Å². The molecule has 0 radical (unpaired) electrons. The Balaban J connectivity index is 2.50. The van der Waals surface area contributed by atoms with Gasteiger partial charge >= 0.3 is 5.97 Å². The zero-order valence-corrected chi connectivity index (χ0v) is 10.9. The van der Waals surface area contributed by atoms with E-state index in [4.69, 9.17) is 5.11 Å². The lowest BCUT2D eigenvalue weighted by atomic mass is 10.0. The Bertz CT molecular complexity index is 666. The minimum Gasteiger partial charge on any atom is -0.480 e. The lowest BCUT2D eigenvalue weighted by Gasteiger charge is -2.08. The normalized spacial score (nSPS) is 10.4. The summed E-state index contributed by atoms with van der Waals surface area (Å²) < 4.78 is 1.20. The largest absolute Gasteiger partial charge is 0.480 e. The Kier molecular flexibility index (Phi) is 3.51. The first-order valence-corrected chi connectivity index (χ1v) is 5.96. The van der Waals surface area contributed by atoms with Crippen LogP contribution in [0.25, 0.3) is 11.1 Å². The molecule has 0 spiro atoms. The molecule has 1 heterocycles. The summed E-state index contributed by atoms with van der Waals surface area (Å²) in [6, 6.07) is 9.21. The van der Waals surface area contributed by atoms with Crippen molar-refractivity contribution >= 4 is 5.97 Å². The standard InChI is InChI=1S/C15H15NO3/c1-10-5-11(2)7-13(6-10)12-3-4-14(17)16(8-12)9-15(18)19/h3-8H,9H2,1-2H3,(H,18,19). The zero-order chi connectivity index (χ0) is 14.0. The molecule has 98 valence electrons. The number of aryl methyl sites for hydroxylation is 2. The first kappa shape index (κ1) is 13.1. The van der Waals surface area contributed by atoms with E-state index in [0.717, 1.165) is 22.3 Å². The second-order valence-corrected chi connectivity index (χ2v) is 4.65. The molecule has 0 bridgehead atoms. The predicted molar refractivity (Wildman–Crippen MR) is 73.2 cm³/mol. The minimum absolute atomic E-state index is 0.310. The minimum atomic E-state index is -1.03. The van der Waals surface area contributed by atoms with Crippen LogP contribution in [0.3, 0.4) is 0 Å². The zero-order valence-electron chi connectivity index (χ0n) is 10.9. The van der Waals surface area contributed by atoms with Crippen molar-refractivity contribution in [3.8, 4) is 11.1 Å². The number of aliphatic carboxylic acids is 1. The fourth-order valence-corrected chi connectivity index (χ4v) is 2.11. The molecule has 4 heteroatoms. The van der Waals surface area contributed by atoms with E-state index in [1.165, 1.54) is 10.6 Å². The van der Waals surface area contributed by atoms with E-state index in [2.05, 4.69) is 6.07 Å². The van der Waals surface area contributed by atoms with Crippen LogP contribution >= 0.6 is 0 Å². The van der Waals surface area contributed by atoms with Gasteiger partial charge in [-0.25, -0.2) is 0 Å². The van der Waals surface area contributed by atoms with Crippen molar-refractivity contribution in [2.45, 2.75) is 20.4 Å². The third-order valence-corrected chi connectivity index (χ3v) is 2.84. The van der Waals surface area contributed by atoms with Crippen LogP contribution in [0, 0.1) is 13.8 Å². The molecule has 2 aromatic rings. The third kappa shape index (κ3) is 3.10. The number of carboxylic acid groups (broad SMARTS) is 1. The van der Waals surface area contributed by atoms with E-state index in [1.54, 1.807) is 12.3 Å². The molecule has 2 rings (SSSR count). The van der Waals surface area contributed by atoms with Crippen LogP contribution < -0.4 is 5.56 Å². The van der Waals surface area contributed by atoms with Crippen molar-refractivity contribution in [1.29, 1.82) is 0 Å². The van der Waals surface area contributed by atoms with Crippen LogP contribution in [0.1, 0.15) is 11.1 Å². The topological polar surface area (TPSA) is 59.3 Å². The maximum atomic E-state index is 11.6. The summed E-state index contributed by atoms with van der Waals surface area (Å²) in [4.78, 5) is 22.3. The molecule has 0 aliphatic heterocycles. The highest BCUT2D eigenvalue weighted by molar-refractivity contribution is 5.68. The summed E-state index contributed by atoms with van der Waals surface area (Å²) in [7, 11) is 0. The molecule has 0 unspecified atom stereocenters. The molecule has 1 aromatic heterocycles. The number of carboxylic acids is 1. The number of nitrogens with zero attached hydrogens (tertiary/aromatic N) is 1. The van der Waals surface area contributed by atoms with Gasteiger partial charge in [-0.15, -0.1) is 0 Å². The first-order valence-electron chi connectivity index (χ1n) is 5.96. The molecule has 0 amide bonds. The summed E-state index contributed by atoms with van der Waals surface area (Å²) in [5.41, 5.74) is 3.77. The van der Waals surface area contributed by atoms with Gasteiger partial charge in [0.15, 0.2) is 0 Å². The number of benzene rings is 1. The third-order valence-electron chi connectivity index (χ3n) is 2.84. The van der Waals surface area contributed by atoms with Crippen molar-refractivity contribution < 1.29 is 9.90 Å². The maximum Gasteiger partial charge on any atom is 0.323 e. The summed E-state index contributed by atoms with van der Waals surface area (Å²) in [5.74, 6) is -1.03. The molecule has 19 heavy (non-hydrogen) atoms. The SMILES string of the molecule is Cc1cc(C)cc(-c2ccc(=O)n(CC(=O)O)c2)c1. The van der Waals surface area contributed by atoms with E-state index >= 15 is 0 Å². The van der Waals surface area contributed by atoms with Crippen LogP contribution in [-0.2, 0) is 11.3 Å². The van der Waals surface area contributed by atoms with Gasteiger partial charge in [0.05, 0.1) is 0 Å².